The number of ether oxygens (including phenoxy) is 1. The average Bonchev–Trinajstić information content (AvgIpc) is 2.13. The fraction of sp³-hybridized carbons (Fsp3) is 0.833. The van der Waals surface area contributed by atoms with Crippen LogP contribution in [0.15, 0.2) is 12.2 Å². The number of rotatable bonds is 9. The summed E-state index contributed by atoms with van der Waals surface area (Å²) < 4.78 is 5.54. The van der Waals surface area contributed by atoms with E-state index >= 15 is 0 Å². The van der Waals surface area contributed by atoms with E-state index in [0.29, 0.717) is 5.92 Å². The van der Waals surface area contributed by atoms with Crippen LogP contribution in [-0.4, -0.2) is 26.3 Å². The molecule has 2 nitrogen and oxygen atoms in total. The molecule has 0 saturated carbocycles. The van der Waals surface area contributed by atoms with Gasteiger partial charge in [0.05, 0.1) is 13.2 Å². The SMILES string of the molecule is C=C(C)CCOCC(C)CNCCC. The minimum atomic E-state index is 0.603. The van der Waals surface area contributed by atoms with Crippen LogP contribution in [0.4, 0.5) is 0 Å². The van der Waals surface area contributed by atoms with Crippen molar-refractivity contribution >= 4 is 0 Å². The number of hydrogen-bond donors (Lipinski definition) is 1. The molecule has 0 amide bonds. The van der Waals surface area contributed by atoms with Gasteiger partial charge in [0.1, 0.15) is 0 Å². The van der Waals surface area contributed by atoms with E-state index < -0.39 is 0 Å². The molecule has 0 rings (SSSR count). The van der Waals surface area contributed by atoms with Crippen molar-refractivity contribution in [2.24, 2.45) is 5.92 Å². The average molecular weight is 199 g/mol. The molecule has 0 aliphatic heterocycles. The summed E-state index contributed by atoms with van der Waals surface area (Å²) in [6, 6.07) is 0. The molecule has 1 atom stereocenters. The van der Waals surface area contributed by atoms with Gasteiger partial charge in [-0.05, 0) is 38.8 Å². The molecule has 0 aliphatic rings. The Hall–Kier alpha value is -0.340. The number of nitrogens with one attached hydrogen (secondary N) is 1. The molecule has 0 aromatic heterocycles. The molecule has 2 heteroatoms. The molecule has 0 fully saturated rings. The highest BCUT2D eigenvalue weighted by atomic mass is 16.5. The van der Waals surface area contributed by atoms with Crippen molar-refractivity contribution < 1.29 is 4.74 Å². The third kappa shape index (κ3) is 9.75. The molecule has 1 unspecified atom stereocenters. The quantitative estimate of drug-likeness (QED) is 0.455. The van der Waals surface area contributed by atoms with Gasteiger partial charge >= 0.3 is 0 Å². The van der Waals surface area contributed by atoms with Gasteiger partial charge in [-0.1, -0.05) is 19.4 Å². The van der Waals surface area contributed by atoms with Crippen LogP contribution >= 0.6 is 0 Å². The lowest BCUT2D eigenvalue weighted by molar-refractivity contribution is 0.107. The number of hydrogen-bond acceptors (Lipinski definition) is 2. The van der Waals surface area contributed by atoms with Crippen molar-refractivity contribution in [2.45, 2.75) is 33.6 Å². The lowest BCUT2D eigenvalue weighted by atomic mass is 10.2. The van der Waals surface area contributed by atoms with E-state index in [2.05, 4.69) is 25.7 Å². The third-order valence-corrected chi connectivity index (χ3v) is 2.00. The van der Waals surface area contributed by atoms with Crippen LogP contribution in [0.2, 0.25) is 0 Å². The molecular weight excluding hydrogens is 174 g/mol. The van der Waals surface area contributed by atoms with Gasteiger partial charge in [-0.3, -0.25) is 0 Å². The van der Waals surface area contributed by atoms with Crippen LogP contribution in [0.25, 0.3) is 0 Å². The molecule has 1 N–H and O–H groups in total. The predicted molar refractivity (Wildman–Crippen MR) is 62.6 cm³/mol. The van der Waals surface area contributed by atoms with E-state index in [0.717, 1.165) is 32.7 Å². The van der Waals surface area contributed by atoms with E-state index in [-0.39, 0.29) is 0 Å². The van der Waals surface area contributed by atoms with Crippen molar-refractivity contribution in [2.75, 3.05) is 26.3 Å². The van der Waals surface area contributed by atoms with Crippen LogP contribution in [0.5, 0.6) is 0 Å². The summed E-state index contributed by atoms with van der Waals surface area (Å²) in [5, 5.41) is 3.39. The van der Waals surface area contributed by atoms with Crippen LogP contribution in [0.3, 0.4) is 0 Å². The Morgan fingerprint density at radius 3 is 2.79 bits per heavy atom. The largest absolute Gasteiger partial charge is 0.381 e. The Morgan fingerprint density at radius 2 is 2.21 bits per heavy atom. The summed E-state index contributed by atoms with van der Waals surface area (Å²) in [5.74, 6) is 0.603. The van der Waals surface area contributed by atoms with E-state index in [9.17, 15) is 0 Å². The molecule has 14 heavy (non-hydrogen) atoms. The minimum absolute atomic E-state index is 0.603. The first kappa shape index (κ1) is 13.7. The highest BCUT2D eigenvalue weighted by Crippen LogP contribution is 1.98. The summed E-state index contributed by atoms with van der Waals surface area (Å²) in [5.41, 5.74) is 1.20. The van der Waals surface area contributed by atoms with E-state index in [1.807, 2.05) is 6.92 Å². The van der Waals surface area contributed by atoms with E-state index in [1.54, 1.807) is 0 Å². The standard InChI is InChI=1S/C12H25NO/c1-5-7-13-9-12(4)10-14-8-6-11(2)3/h12-13H,2,5-10H2,1,3-4H3. The van der Waals surface area contributed by atoms with Gasteiger partial charge in [0.25, 0.3) is 0 Å². The molecule has 0 radical (unpaired) electrons. The van der Waals surface area contributed by atoms with Gasteiger partial charge in [-0.25, -0.2) is 0 Å². The molecule has 0 bridgehead atoms. The first-order valence-corrected chi connectivity index (χ1v) is 5.59. The van der Waals surface area contributed by atoms with Gasteiger partial charge in [-0.15, -0.1) is 6.58 Å². The van der Waals surface area contributed by atoms with Crippen LogP contribution in [0.1, 0.15) is 33.6 Å². The second kappa shape index (κ2) is 9.22. The summed E-state index contributed by atoms with van der Waals surface area (Å²) >= 11 is 0. The molecule has 0 saturated heterocycles. The maximum atomic E-state index is 5.54. The lowest BCUT2D eigenvalue weighted by Gasteiger charge is -2.12. The summed E-state index contributed by atoms with van der Waals surface area (Å²) in [6.07, 6.45) is 2.18. The fourth-order valence-electron chi connectivity index (χ4n) is 1.12. The van der Waals surface area contributed by atoms with Crippen molar-refractivity contribution in [3.8, 4) is 0 Å². The zero-order chi connectivity index (χ0) is 10.8. The third-order valence-electron chi connectivity index (χ3n) is 2.00. The Kier molecular flexibility index (Phi) is 9.00. The summed E-state index contributed by atoms with van der Waals surface area (Å²) in [7, 11) is 0. The Bertz CT molecular complexity index is 145. The highest BCUT2D eigenvalue weighted by Gasteiger charge is 2.00. The van der Waals surface area contributed by atoms with E-state index in [4.69, 9.17) is 4.74 Å². The molecule has 0 spiro atoms. The topological polar surface area (TPSA) is 21.3 Å². The first-order chi connectivity index (χ1) is 6.66. The Morgan fingerprint density at radius 1 is 1.50 bits per heavy atom. The van der Waals surface area contributed by atoms with Crippen molar-refractivity contribution in [3.63, 3.8) is 0 Å². The second-order valence-corrected chi connectivity index (χ2v) is 4.09. The van der Waals surface area contributed by atoms with Crippen LogP contribution in [0, 0.1) is 5.92 Å². The van der Waals surface area contributed by atoms with Gasteiger partial charge in [0.15, 0.2) is 0 Å². The van der Waals surface area contributed by atoms with Crippen LogP contribution < -0.4 is 5.32 Å². The van der Waals surface area contributed by atoms with Gasteiger partial charge in [0.2, 0.25) is 0 Å². The monoisotopic (exact) mass is 199 g/mol. The van der Waals surface area contributed by atoms with Gasteiger partial charge in [-0.2, -0.15) is 0 Å². The summed E-state index contributed by atoms with van der Waals surface area (Å²) in [6.45, 7) is 14.1. The zero-order valence-electron chi connectivity index (χ0n) is 9.94. The maximum absolute atomic E-state index is 5.54. The highest BCUT2D eigenvalue weighted by molar-refractivity contribution is 4.87. The van der Waals surface area contributed by atoms with Gasteiger partial charge in [0, 0.05) is 0 Å². The van der Waals surface area contributed by atoms with Crippen LogP contribution in [-0.2, 0) is 4.74 Å². The zero-order valence-corrected chi connectivity index (χ0v) is 9.94. The predicted octanol–water partition coefficient (Wildman–Crippen LogP) is 2.60. The van der Waals surface area contributed by atoms with Crippen molar-refractivity contribution in [1.82, 2.24) is 5.32 Å². The maximum Gasteiger partial charge on any atom is 0.0503 e. The second-order valence-electron chi connectivity index (χ2n) is 4.09. The molecule has 0 aromatic rings. The Labute approximate surface area is 88.7 Å². The molecule has 0 aromatic carbocycles. The Balaban J connectivity index is 3.18. The lowest BCUT2D eigenvalue weighted by Crippen LogP contribution is -2.24. The first-order valence-electron chi connectivity index (χ1n) is 5.59. The molecular formula is C12H25NO. The molecule has 0 heterocycles. The summed E-state index contributed by atoms with van der Waals surface area (Å²) in [4.78, 5) is 0. The normalized spacial score (nSPS) is 12.8. The van der Waals surface area contributed by atoms with E-state index in [1.165, 1.54) is 12.0 Å². The fourth-order valence-corrected chi connectivity index (χ4v) is 1.12. The molecule has 84 valence electrons. The van der Waals surface area contributed by atoms with Gasteiger partial charge < -0.3 is 10.1 Å². The smallest absolute Gasteiger partial charge is 0.0503 e. The van der Waals surface area contributed by atoms with Crippen molar-refractivity contribution in [1.29, 1.82) is 0 Å². The van der Waals surface area contributed by atoms with Crippen molar-refractivity contribution in [3.05, 3.63) is 12.2 Å². The minimum Gasteiger partial charge on any atom is -0.381 e. The molecule has 0 aliphatic carbocycles.